The van der Waals surface area contributed by atoms with Crippen LogP contribution in [0.2, 0.25) is 0 Å². The van der Waals surface area contributed by atoms with Crippen molar-refractivity contribution in [1.82, 2.24) is 9.97 Å². The third kappa shape index (κ3) is 4.05. The van der Waals surface area contributed by atoms with Crippen molar-refractivity contribution in [3.8, 4) is 22.8 Å². The van der Waals surface area contributed by atoms with Crippen molar-refractivity contribution in [2.45, 2.75) is 33.1 Å². The quantitative estimate of drug-likeness (QED) is 0.378. The number of rotatable bonds is 6. The molecule has 0 unspecified atom stereocenters. The molecule has 182 valence electrons. The number of carbonyl (C=O) groups is 2. The van der Waals surface area contributed by atoms with Crippen molar-refractivity contribution in [3.05, 3.63) is 75.3 Å². The average Bonchev–Trinajstić information content (AvgIpc) is 3.64. The fourth-order valence-corrected chi connectivity index (χ4v) is 5.68. The minimum absolute atomic E-state index is 0.0972. The maximum atomic E-state index is 12.9. The molecule has 9 heteroatoms. The first-order valence-electron chi connectivity index (χ1n) is 11.7. The number of anilines is 1. The maximum Gasteiger partial charge on any atom is 0.295 e. The van der Waals surface area contributed by atoms with Crippen LogP contribution in [0, 0.1) is 13.8 Å². The normalized spacial score (nSPS) is 13.8. The van der Waals surface area contributed by atoms with Gasteiger partial charge in [-0.25, -0.2) is 9.97 Å². The first kappa shape index (κ1) is 22.5. The molecule has 8 nitrogen and oxygen atoms in total. The van der Waals surface area contributed by atoms with Gasteiger partial charge in [-0.05, 0) is 55.7 Å². The molecule has 0 atom stereocenters. The Labute approximate surface area is 211 Å². The Hall–Kier alpha value is -3.98. The van der Waals surface area contributed by atoms with E-state index in [4.69, 9.17) is 18.9 Å². The first-order valence-corrected chi connectivity index (χ1v) is 12.5. The summed E-state index contributed by atoms with van der Waals surface area (Å²) in [5.74, 6) is 1.59. The van der Waals surface area contributed by atoms with Crippen molar-refractivity contribution in [2.75, 3.05) is 18.2 Å². The number of Topliss-reactive ketones (excluding diaryl/α,β-unsaturated/α-hetero) is 1. The van der Waals surface area contributed by atoms with E-state index in [9.17, 15) is 9.59 Å². The molecule has 4 aromatic rings. The molecule has 0 saturated carbocycles. The van der Waals surface area contributed by atoms with E-state index in [-0.39, 0.29) is 30.7 Å². The zero-order valence-electron chi connectivity index (χ0n) is 19.9. The van der Waals surface area contributed by atoms with Gasteiger partial charge in [-0.15, -0.1) is 11.3 Å². The van der Waals surface area contributed by atoms with Crippen LogP contribution in [-0.2, 0) is 24.1 Å². The van der Waals surface area contributed by atoms with Crippen molar-refractivity contribution in [1.29, 1.82) is 0 Å². The molecule has 6 rings (SSSR count). The van der Waals surface area contributed by atoms with Gasteiger partial charge in [0, 0.05) is 29.1 Å². The fourth-order valence-electron chi connectivity index (χ4n) is 4.69. The van der Waals surface area contributed by atoms with E-state index in [1.165, 1.54) is 6.39 Å². The summed E-state index contributed by atoms with van der Waals surface area (Å²) in [5, 5.41) is 0.798. The Morgan fingerprint density at radius 2 is 1.92 bits per heavy atom. The van der Waals surface area contributed by atoms with Crippen LogP contribution in [0.15, 0.2) is 47.2 Å². The lowest BCUT2D eigenvalue weighted by molar-refractivity contribution is -0.117. The van der Waals surface area contributed by atoms with Crippen molar-refractivity contribution >= 4 is 28.7 Å². The molecule has 2 aromatic heterocycles. The van der Waals surface area contributed by atoms with Gasteiger partial charge < -0.3 is 18.8 Å². The number of fused-ring (bicyclic) bond motifs is 2. The van der Waals surface area contributed by atoms with E-state index in [1.807, 2.05) is 37.3 Å². The highest BCUT2D eigenvalue weighted by Crippen LogP contribution is 2.36. The zero-order chi connectivity index (χ0) is 24.8. The van der Waals surface area contributed by atoms with E-state index in [0.717, 1.165) is 44.4 Å². The van der Waals surface area contributed by atoms with Crippen LogP contribution >= 0.6 is 11.3 Å². The van der Waals surface area contributed by atoms with E-state index in [2.05, 4.69) is 11.1 Å². The van der Waals surface area contributed by atoms with Gasteiger partial charge in [-0.1, -0.05) is 12.1 Å². The summed E-state index contributed by atoms with van der Waals surface area (Å²) < 4.78 is 16.1. The standard InChI is InChI=1S/C27H23N3O5S/c1-15-26(33-13-28-15)27(32)30-8-7-18-11-19(4-5-21(18)30)25-16(2)36-24(29-25)12-20(31)9-17-3-6-22-23(10-17)35-14-34-22/h3-6,10-11,13H,7-9,12,14H2,1-2H3. The minimum atomic E-state index is -0.176. The number of oxazole rings is 1. The number of nitrogens with zero attached hydrogens (tertiary/aromatic N) is 3. The third-order valence-corrected chi connectivity index (χ3v) is 7.43. The van der Waals surface area contributed by atoms with Crippen LogP contribution in [0.4, 0.5) is 5.69 Å². The molecule has 0 fully saturated rings. The molecule has 2 aliphatic rings. The number of thiazole rings is 1. The predicted molar refractivity (Wildman–Crippen MR) is 134 cm³/mol. The molecule has 0 saturated heterocycles. The Morgan fingerprint density at radius 1 is 1.06 bits per heavy atom. The van der Waals surface area contributed by atoms with Crippen LogP contribution in [0.5, 0.6) is 11.5 Å². The van der Waals surface area contributed by atoms with Crippen LogP contribution < -0.4 is 14.4 Å². The summed E-state index contributed by atoms with van der Waals surface area (Å²) in [6.07, 6.45) is 2.65. The molecule has 0 N–H and O–H groups in total. The summed E-state index contributed by atoms with van der Waals surface area (Å²) in [6.45, 7) is 4.59. The van der Waals surface area contributed by atoms with Gasteiger partial charge in [0.05, 0.1) is 17.8 Å². The number of amides is 1. The molecule has 4 heterocycles. The number of hydrogen-bond donors (Lipinski definition) is 0. The topological polar surface area (TPSA) is 94.8 Å². The van der Waals surface area contributed by atoms with Crippen LogP contribution in [0.3, 0.4) is 0 Å². The second-order valence-electron chi connectivity index (χ2n) is 8.91. The van der Waals surface area contributed by atoms with Crippen molar-refractivity contribution in [2.24, 2.45) is 0 Å². The van der Waals surface area contributed by atoms with E-state index in [0.29, 0.717) is 30.2 Å². The molecule has 2 aliphatic heterocycles. The van der Waals surface area contributed by atoms with Gasteiger partial charge in [0.1, 0.15) is 10.8 Å². The number of ether oxygens (including phenoxy) is 2. The van der Waals surface area contributed by atoms with E-state index < -0.39 is 0 Å². The SMILES string of the molecule is Cc1ncoc1C(=O)N1CCc2cc(-c3nc(CC(=O)Cc4ccc5c(c4)OCO5)sc3C)ccc21. The number of aromatic nitrogens is 2. The van der Waals surface area contributed by atoms with Gasteiger partial charge >= 0.3 is 0 Å². The summed E-state index contributed by atoms with van der Waals surface area (Å²) in [7, 11) is 0. The molecule has 0 radical (unpaired) electrons. The predicted octanol–water partition coefficient (Wildman–Crippen LogP) is 4.70. The summed E-state index contributed by atoms with van der Waals surface area (Å²) in [4.78, 5) is 37.3. The van der Waals surface area contributed by atoms with Crippen molar-refractivity contribution in [3.63, 3.8) is 0 Å². The number of hydrogen-bond acceptors (Lipinski definition) is 8. The molecule has 0 spiro atoms. The Balaban J connectivity index is 1.17. The molecule has 0 aliphatic carbocycles. The van der Waals surface area contributed by atoms with Crippen LogP contribution in [0.25, 0.3) is 11.3 Å². The maximum absolute atomic E-state index is 12.9. The van der Waals surface area contributed by atoms with Crippen molar-refractivity contribution < 1.29 is 23.5 Å². The van der Waals surface area contributed by atoms with Gasteiger partial charge in [0.2, 0.25) is 12.6 Å². The van der Waals surface area contributed by atoms with Crippen LogP contribution in [-0.4, -0.2) is 35.0 Å². The second-order valence-corrected chi connectivity index (χ2v) is 10.2. The summed E-state index contributed by atoms with van der Waals surface area (Å²) >= 11 is 1.55. The van der Waals surface area contributed by atoms with Gasteiger partial charge in [0.25, 0.3) is 5.91 Å². The largest absolute Gasteiger partial charge is 0.454 e. The summed E-state index contributed by atoms with van der Waals surface area (Å²) in [5.41, 5.74) is 5.32. The lowest BCUT2D eigenvalue weighted by atomic mass is 10.1. The van der Waals surface area contributed by atoms with Gasteiger partial charge in [-0.3, -0.25) is 9.59 Å². The molecule has 0 bridgehead atoms. The highest BCUT2D eigenvalue weighted by atomic mass is 32.1. The Morgan fingerprint density at radius 3 is 2.75 bits per heavy atom. The number of benzene rings is 2. The number of carbonyl (C=O) groups excluding carboxylic acids is 2. The third-order valence-electron chi connectivity index (χ3n) is 6.46. The Bertz CT molecular complexity index is 1510. The van der Waals surface area contributed by atoms with Crippen LogP contribution in [0.1, 0.15) is 37.3 Å². The first-order chi connectivity index (χ1) is 17.5. The molecular weight excluding hydrogens is 478 g/mol. The van der Waals surface area contributed by atoms with Gasteiger partial charge in [-0.2, -0.15) is 0 Å². The molecular formula is C27H23N3O5S. The van der Waals surface area contributed by atoms with E-state index in [1.54, 1.807) is 23.2 Å². The second kappa shape index (κ2) is 8.91. The van der Waals surface area contributed by atoms with Gasteiger partial charge in [0.15, 0.2) is 17.9 Å². The molecule has 2 aromatic carbocycles. The lowest BCUT2D eigenvalue weighted by Crippen LogP contribution is -2.29. The minimum Gasteiger partial charge on any atom is -0.454 e. The van der Waals surface area contributed by atoms with E-state index >= 15 is 0 Å². The smallest absolute Gasteiger partial charge is 0.295 e. The number of aryl methyl sites for hydroxylation is 2. The average molecular weight is 502 g/mol. The molecule has 1 amide bonds. The summed E-state index contributed by atoms with van der Waals surface area (Å²) in [6, 6.07) is 11.6. The fraction of sp³-hybridized carbons (Fsp3) is 0.259. The zero-order valence-corrected chi connectivity index (χ0v) is 20.7. The Kier molecular flexibility index (Phi) is 5.56. The monoisotopic (exact) mass is 501 g/mol. The highest BCUT2D eigenvalue weighted by molar-refractivity contribution is 7.12. The lowest BCUT2D eigenvalue weighted by Gasteiger charge is -2.16. The molecule has 36 heavy (non-hydrogen) atoms. The highest BCUT2D eigenvalue weighted by Gasteiger charge is 2.29. The number of ketones is 1.